The van der Waals surface area contributed by atoms with Crippen molar-refractivity contribution in [3.8, 4) is 0 Å². The van der Waals surface area contributed by atoms with E-state index in [0.29, 0.717) is 23.4 Å². The Labute approximate surface area is 173 Å². The highest BCUT2D eigenvalue weighted by Gasteiger charge is 2.34. The Hall–Kier alpha value is -3.25. The number of rotatable bonds is 6. The van der Waals surface area contributed by atoms with Gasteiger partial charge in [-0.15, -0.1) is 11.3 Å². The Balaban J connectivity index is 1.52. The summed E-state index contributed by atoms with van der Waals surface area (Å²) < 4.78 is 0. The molecular formula is C23H20N2O3S. The normalized spacial score (nSPS) is 13.8. The van der Waals surface area contributed by atoms with Crippen LogP contribution in [0.2, 0.25) is 0 Å². The summed E-state index contributed by atoms with van der Waals surface area (Å²) in [7, 11) is 0. The molecule has 6 heteroatoms. The minimum Gasteiger partial charge on any atom is -0.326 e. The first-order valence-corrected chi connectivity index (χ1v) is 10.2. The number of benzene rings is 2. The third-order valence-electron chi connectivity index (χ3n) is 5.05. The first-order valence-electron chi connectivity index (χ1n) is 9.36. The van der Waals surface area contributed by atoms with Crippen LogP contribution >= 0.6 is 11.3 Å². The standard InChI is InChI=1S/C23H20N2O3S/c1-15(26)16-8-10-18(11-9-16)24-22(27)13-20(21-7-4-12-29-21)25-14-17-5-2-3-6-19(17)23(25)28/h2-12,20H,13-14H2,1H3,(H,24,27)/t20-/m1/s1. The van der Waals surface area contributed by atoms with Crippen molar-refractivity contribution in [2.45, 2.75) is 25.9 Å². The number of ketones is 1. The molecule has 0 unspecified atom stereocenters. The summed E-state index contributed by atoms with van der Waals surface area (Å²) in [5.41, 5.74) is 2.91. The predicted molar refractivity (Wildman–Crippen MR) is 113 cm³/mol. The van der Waals surface area contributed by atoms with Crippen LogP contribution in [0.5, 0.6) is 0 Å². The number of carbonyl (C=O) groups is 3. The van der Waals surface area contributed by atoms with Crippen LogP contribution in [-0.4, -0.2) is 22.5 Å². The van der Waals surface area contributed by atoms with Gasteiger partial charge in [-0.05, 0) is 54.3 Å². The van der Waals surface area contributed by atoms with Crippen LogP contribution in [0.4, 0.5) is 5.69 Å². The van der Waals surface area contributed by atoms with Crippen molar-refractivity contribution in [1.82, 2.24) is 4.90 Å². The van der Waals surface area contributed by atoms with Gasteiger partial charge < -0.3 is 10.2 Å². The SMILES string of the molecule is CC(=O)c1ccc(NC(=O)C[C@H](c2cccs2)N2Cc3ccccc3C2=O)cc1. The van der Waals surface area contributed by atoms with Crippen molar-refractivity contribution in [3.05, 3.63) is 87.6 Å². The molecule has 0 aliphatic carbocycles. The topological polar surface area (TPSA) is 66.5 Å². The molecule has 1 aliphatic heterocycles. The van der Waals surface area contributed by atoms with Crippen LogP contribution in [0.3, 0.4) is 0 Å². The van der Waals surface area contributed by atoms with Gasteiger partial charge >= 0.3 is 0 Å². The van der Waals surface area contributed by atoms with Crippen LogP contribution in [-0.2, 0) is 11.3 Å². The van der Waals surface area contributed by atoms with Gasteiger partial charge in [-0.1, -0.05) is 24.3 Å². The molecule has 1 atom stereocenters. The average molecular weight is 404 g/mol. The maximum Gasteiger partial charge on any atom is 0.255 e. The molecule has 4 rings (SSSR count). The van der Waals surface area contributed by atoms with Crippen LogP contribution in [0, 0.1) is 0 Å². The number of hydrogen-bond donors (Lipinski definition) is 1. The second-order valence-electron chi connectivity index (χ2n) is 7.01. The van der Waals surface area contributed by atoms with Crippen molar-refractivity contribution in [2.75, 3.05) is 5.32 Å². The number of anilines is 1. The minimum atomic E-state index is -0.327. The number of Topliss-reactive ketones (excluding diaryl/α,β-unsaturated/α-hetero) is 1. The summed E-state index contributed by atoms with van der Waals surface area (Å²) >= 11 is 1.54. The van der Waals surface area contributed by atoms with E-state index >= 15 is 0 Å². The molecular weight excluding hydrogens is 384 g/mol. The van der Waals surface area contributed by atoms with E-state index in [1.807, 2.05) is 41.8 Å². The molecule has 29 heavy (non-hydrogen) atoms. The maximum absolute atomic E-state index is 12.9. The zero-order valence-corrected chi connectivity index (χ0v) is 16.7. The molecule has 0 bridgehead atoms. The van der Waals surface area contributed by atoms with Crippen LogP contribution < -0.4 is 5.32 Å². The molecule has 2 heterocycles. The van der Waals surface area contributed by atoms with E-state index in [-0.39, 0.29) is 30.1 Å². The molecule has 2 amide bonds. The summed E-state index contributed by atoms with van der Waals surface area (Å²) in [6.07, 6.45) is 0.161. The molecule has 0 saturated heterocycles. The van der Waals surface area contributed by atoms with E-state index in [4.69, 9.17) is 0 Å². The van der Waals surface area contributed by atoms with Crippen LogP contribution in [0.25, 0.3) is 0 Å². The molecule has 0 saturated carbocycles. The summed E-state index contributed by atoms with van der Waals surface area (Å²) in [4.78, 5) is 39.9. The molecule has 146 valence electrons. The number of nitrogens with zero attached hydrogens (tertiary/aromatic N) is 1. The summed E-state index contributed by atoms with van der Waals surface area (Å²) in [6, 6.07) is 17.9. The van der Waals surface area contributed by atoms with E-state index < -0.39 is 0 Å². The highest BCUT2D eigenvalue weighted by atomic mass is 32.1. The molecule has 5 nitrogen and oxygen atoms in total. The Morgan fingerprint density at radius 2 is 1.83 bits per heavy atom. The highest BCUT2D eigenvalue weighted by molar-refractivity contribution is 7.10. The molecule has 1 N–H and O–H groups in total. The Morgan fingerprint density at radius 3 is 2.48 bits per heavy atom. The van der Waals surface area contributed by atoms with Crippen molar-refractivity contribution >= 4 is 34.6 Å². The lowest BCUT2D eigenvalue weighted by Gasteiger charge is -2.26. The Morgan fingerprint density at radius 1 is 1.07 bits per heavy atom. The quantitative estimate of drug-likeness (QED) is 0.607. The van der Waals surface area contributed by atoms with Gasteiger partial charge in [0.1, 0.15) is 0 Å². The van der Waals surface area contributed by atoms with Crippen molar-refractivity contribution in [1.29, 1.82) is 0 Å². The first-order chi connectivity index (χ1) is 14.0. The van der Waals surface area contributed by atoms with E-state index in [2.05, 4.69) is 5.32 Å². The van der Waals surface area contributed by atoms with Crippen LogP contribution in [0.1, 0.15) is 50.5 Å². The Kier molecular flexibility index (Phi) is 5.27. The zero-order chi connectivity index (χ0) is 20.4. The smallest absolute Gasteiger partial charge is 0.255 e. The van der Waals surface area contributed by atoms with Gasteiger partial charge in [-0.2, -0.15) is 0 Å². The molecule has 2 aromatic carbocycles. The molecule has 1 aromatic heterocycles. The lowest BCUT2D eigenvalue weighted by Crippen LogP contribution is -2.31. The second kappa shape index (κ2) is 8.01. The van der Waals surface area contributed by atoms with E-state index in [1.54, 1.807) is 40.5 Å². The molecule has 0 radical (unpaired) electrons. The van der Waals surface area contributed by atoms with Crippen molar-refractivity contribution in [3.63, 3.8) is 0 Å². The van der Waals surface area contributed by atoms with Crippen molar-refractivity contribution in [2.24, 2.45) is 0 Å². The fourth-order valence-corrected chi connectivity index (χ4v) is 4.39. The molecule has 1 aliphatic rings. The van der Waals surface area contributed by atoms with Gasteiger partial charge in [0.15, 0.2) is 5.78 Å². The van der Waals surface area contributed by atoms with E-state index in [0.717, 1.165) is 10.4 Å². The molecule has 3 aromatic rings. The number of fused-ring (bicyclic) bond motifs is 1. The summed E-state index contributed by atoms with van der Waals surface area (Å²) in [5, 5.41) is 4.83. The predicted octanol–water partition coefficient (Wildman–Crippen LogP) is 4.68. The van der Waals surface area contributed by atoms with Gasteiger partial charge in [0.25, 0.3) is 5.91 Å². The van der Waals surface area contributed by atoms with Crippen LogP contribution in [0.15, 0.2) is 66.0 Å². The van der Waals surface area contributed by atoms with Gasteiger partial charge in [0.05, 0.1) is 12.5 Å². The van der Waals surface area contributed by atoms with E-state index in [1.165, 1.54) is 6.92 Å². The molecule has 0 spiro atoms. The number of nitrogens with one attached hydrogen (secondary N) is 1. The lowest BCUT2D eigenvalue weighted by molar-refractivity contribution is -0.117. The number of carbonyl (C=O) groups excluding carboxylic acids is 3. The summed E-state index contributed by atoms with van der Waals surface area (Å²) in [5.74, 6) is -0.243. The van der Waals surface area contributed by atoms with E-state index in [9.17, 15) is 14.4 Å². The monoisotopic (exact) mass is 404 g/mol. The van der Waals surface area contributed by atoms with Gasteiger partial charge in [0.2, 0.25) is 5.91 Å². The maximum atomic E-state index is 12.9. The average Bonchev–Trinajstić information content (AvgIpc) is 3.35. The fraction of sp³-hybridized carbons (Fsp3) is 0.174. The highest BCUT2D eigenvalue weighted by Crippen LogP contribution is 2.35. The Bertz CT molecular complexity index is 1060. The fourth-order valence-electron chi connectivity index (χ4n) is 3.55. The minimum absolute atomic E-state index is 0.0206. The number of thiophene rings is 1. The lowest BCUT2D eigenvalue weighted by atomic mass is 10.1. The first kappa shape index (κ1) is 19.1. The third kappa shape index (κ3) is 3.98. The van der Waals surface area contributed by atoms with Crippen molar-refractivity contribution < 1.29 is 14.4 Å². The second-order valence-corrected chi connectivity index (χ2v) is 7.99. The third-order valence-corrected chi connectivity index (χ3v) is 6.02. The summed E-state index contributed by atoms with van der Waals surface area (Å²) in [6.45, 7) is 2.00. The number of hydrogen-bond acceptors (Lipinski definition) is 4. The zero-order valence-electron chi connectivity index (χ0n) is 15.9. The van der Waals surface area contributed by atoms with Gasteiger partial charge in [0, 0.05) is 28.2 Å². The van der Waals surface area contributed by atoms with Gasteiger partial charge in [-0.3, -0.25) is 14.4 Å². The number of amides is 2. The van der Waals surface area contributed by atoms with Gasteiger partial charge in [-0.25, -0.2) is 0 Å². The molecule has 0 fully saturated rings. The largest absolute Gasteiger partial charge is 0.326 e.